The fourth-order valence-corrected chi connectivity index (χ4v) is 1.52. The maximum absolute atomic E-state index is 12.0. The molecule has 112 valence electrons. The van der Waals surface area contributed by atoms with Crippen molar-refractivity contribution < 1.29 is 19.8 Å². The van der Waals surface area contributed by atoms with Crippen molar-refractivity contribution >= 4 is 12.0 Å². The molecule has 0 aliphatic carbocycles. The first-order valence-electron chi connectivity index (χ1n) is 6.40. The summed E-state index contributed by atoms with van der Waals surface area (Å²) in [5.41, 5.74) is 0. The molecule has 0 spiro atoms. The quantitative estimate of drug-likeness (QED) is 0.570. The van der Waals surface area contributed by atoms with E-state index < -0.39 is 24.1 Å². The number of carbonyl (C=O) groups excluding carboxylic acids is 1. The molecule has 0 saturated heterocycles. The Bertz CT molecular complexity index is 295. The van der Waals surface area contributed by atoms with Crippen molar-refractivity contribution in [3.8, 4) is 0 Å². The maximum Gasteiger partial charge on any atom is 0.328 e. The fraction of sp³-hybridized carbons (Fsp3) is 0.833. The molecule has 19 heavy (non-hydrogen) atoms. The smallest absolute Gasteiger partial charge is 0.328 e. The molecule has 2 amide bonds. The second kappa shape index (κ2) is 8.71. The lowest BCUT2D eigenvalue weighted by atomic mass is 10.2. The van der Waals surface area contributed by atoms with Gasteiger partial charge in [-0.05, 0) is 27.4 Å². The van der Waals surface area contributed by atoms with Crippen molar-refractivity contribution in [1.29, 1.82) is 0 Å². The van der Waals surface area contributed by atoms with Crippen LogP contribution in [0.15, 0.2) is 0 Å². The molecular weight excluding hydrogens is 250 g/mol. The van der Waals surface area contributed by atoms with Crippen LogP contribution in [-0.4, -0.2) is 77.9 Å². The van der Waals surface area contributed by atoms with Crippen molar-refractivity contribution in [3.63, 3.8) is 0 Å². The molecule has 2 atom stereocenters. The van der Waals surface area contributed by atoms with Crippen LogP contribution in [-0.2, 0) is 4.79 Å². The number of rotatable bonds is 8. The Labute approximate surface area is 114 Å². The summed E-state index contributed by atoms with van der Waals surface area (Å²) in [5.74, 6) is -1.24. The first-order valence-corrected chi connectivity index (χ1v) is 6.40. The molecule has 0 bridgehead atoms. The second-order valence-electron chi connectivity index (χ2n) is 4.80. The molecule has 0 aromatic rings. The van der Waals surface area contributed by atoms with Gasteiger partial charge in [0, 0.05) is 19.6 Å². The van der Waals surface area contributed by atoms with Crippen LogP contribution in [0.2, 0.25) is 0 Å². The predicted octanol–water partition coefficient (Wildman–Crippen LogP) is -0.196. The largest absolute Gasteiger partial charge is 0.480 e. The van der Waals surface area contributed by atoms with E-state index in [2.05, 4.69) is 5.32 Å². The average molecular weight is 275 g/mol. The summed E-state index contributed by atoms with van der Waals surface area (Å²) in [4.78, 5) is 26.4. The van der Waals surface area contributed by atoms with Crippen LogP contribution >= 0.6 is 0 Å². The Morgan fingerprint density at radius 1 is 1.21 bits per heavy atom. The van der Waals surface area contributed by atoms with Crippen LogP contribution in [0.1, 0.15) is 20.3 Å². The minimum absolute atomic E-state index is 0.461. The summed E-state index contributed by atoms with van der Waals surface area (Å²) in [7, 11) is 3.80. The number of urea groups is 1. The lowest BCUT2D eigenvalue weighted by molar-refractivity contribution is -0.141. The van der Waals surface area contributed by atoms with E-state index in [0.717, 1.165) is 6.42 Å². The number of likely N-dealkylation sites (N-methyl/N-ethyl adjacent to an activating group) is 1. The number of nitrogens with zero attached hydrogens (tertiary/aromatic N) is 2. The van der Waals surface area contributed by atoms with Gasteiger partial charge in [-0.2, -0.15) is 0 Å². The molecule has 0 aromatic carbocycles. The molecule has 0 fully saturated rings. The highest BCUT2D eigenvalue weighted by Gasteiger charge is 2.26. The number of nitrogens with one attached hydrogen (secondary N) is 1. The van der Waals surface area contributed by atoms with Crippen molar-refractivity contribution in [2.24, 2.45) is 0 Å². The van der Waals surface area contributed by atoms with Gasteiger partial charge in [0.1, 0.15) is 0 Å². The third-order valence-corrected chi connectivity index (χ3v) is 2.63. The maximum atomic E-state index is 12.0. The van der Waals surface area contributed by atoms with Crippen LogP contribution in [0, 0.1) is 0 Å². The molecule has 3 N–H and O–H groups in total. The number of aliphatic hydroxyl groups excluding tert-OH is 1. The Hall–Kier alpha value is -1.34. The van der Waals surface area contributed by atoms with Gasteiger partial charge in [-0.1, -0.05) is 6.92 Å². The number of carbonyl (C=O) groups is 2. The number of hydrogen-bond acceptors (Lipinski definition) is 4. The van der Waals surface area contributed by atoms with E-state index >= 15 is 0 Å². The molecule has 0 saturated carbocycles. The summed E-state index contributed by atoms with van der Waals surface area (Å²) in [6.45, 7) is 5.03. The van der Waals surface area contributed by atoms with Crippen LogP contribution in [0.4, 0.5) is 4.79 Å². The number of aliphatic carboxylic acids is 1. The Morgan fingerprint density at radius 3 is 2.16 bits per heavy atom. The number of aliphatic hydroxyl groups is 1. The zero-order valence-electron chi connectivity index (χ0n) is 12.1. The van der Waals surface area contributed by atoms with Gasteiger partial charge in [-0.15, -0.1) is 0 Å². The predicted molar refractivity (Wildman–Crippen MR) is 72.1 cm³/mol. The zero-order chi connectivity index (χ0) is 15.0. The van der Waals surface area contributed by atoms with Crippen LogP contribution in [0.3, 0.4) is 0 Å². The van der Waals surface area contributed by atoms with E-state index in [4.69, 9.17) is 5.11 Å². The van der Waals surface area contributed by atoms with E-state index in [1.807, 2.05) is 25.9 Å². The normalized spacial score (nSPS) is 14.0. The lowest BCUT2D eigenvalue weighted by Gasteiger charge is -2.26. The minimum Gasteiger partial charge on any atom is -0.480 e. The molecule has 0 aromatic heterocycles. The molecule has 7 nitrogen and oxygen atoms in total. The van der Waals surface area contributed by atoms with Crippen LogP contribution in [0.5, 0.6) is 0 Å². The van der Waals surface area contributed by atoms with Crippen molar-refractivity contribution in [2.45, 2.75) is 32.4 Å². The van der Waals surface area contributed by atoms with Crippen molar-refractivity contribution in [2.75, 3.05) is 33.7 Å². The Morgan fingerprint density at radius 2 is 1.79 bits per heavy atom. The summed E-state index contributed by atoms with van der Waals surface area (Å²) in [6.07, 6.45) is -0.355. The third-order valence-electron chi connectivity index (χ3n) is 2.63. The average Bonchev–Trinajstić information content (AvgIpc) is 2.29. The van der Waals surface area contributed by atoms with E-state index in [9.17, 15) is 14.7 Å². The molecule has 0 rings (SSSR count). The van der Waals surface area contributed by atoms with Crippen LogP contribution in [0.25, 0.3) is 0 Å². The zero-order valence-corrected chi connectivity index (χ0v) is 12.1. The molecule has 0 radical (unpaired) electrons. The van der Waals surface area contributed by atoms with Gasteiger partial charge in [0.15, 0.2) is 6.04 Å². The number of hydrogen-bond donors (Lipinski definition) is 3. The SMILES string of the molecule is CCCN(CCN(C)C)C(=O)N[C@H](C(=O)O)[C@@H](C)O. The summed E-state index contributed by atoms with van der Waals surface area (Å²) in [6, 6.07) is -1.75. The first-order chi connectivity index (χ1) is 8.79. The van der Waals surface area contributed by atoms with E-state index in [1.54, 1.807) is 4.90 Å². The van der Waals surface area contributed by atoms with Gasteiger partial charge in [-0.3, -0.25) is 0 Å². The van der Waals surface area contributed by atoms with Crippen LogP contribution < -0.4 is 5.32 Å². The second-order valence-corrected chi connectivity index (χ2v) is 4.80. The highest BCUT2D eigenvalue weighted by atomic mass is 16.4. The Kier molecular flexibility index (Phi) is 8.09. The molecule has 0 aliphatic heterocycles. The summed E-state index contributed by atoms with van der Waals surface area (Å²) in [5, 5.41) is 20.6. The van der Waals surface area contributed by atoms with Gasteiger partial charge in [0.05, 0.1) is 6.10 Å². The monoisotopic (exact) mass is 275 g/mol. The summed E-state index contributed by atoms with van der Waals surface area (Å²) < 4.78 is 0. The minimum atomic E-state index is -1.29. The van der Waals surface area contributed by atoms with E-state index in [1.165, 1.54) is 6.92 Å². The topological polar surface area (TPSA) is 93.1 Å². The first kappa shape index (κ1) is 17.7. The van der Waals surface area contributed by atoms with E-state index in [0.29, 0.717) is 19.6 Å². The molecule has 0 unspecified atom stereocenters. The molecule has 0 heterocycles. The lowest BCUT2D eigenvalue weighted by Crippen LogP contribution is -2.53. The fourth-order valence-electron chi connectivity index (χ4n) is 1.52. The standard InChI is InChI=1S/C12H25N3O4/c1-5-6-15(8-7-14(3)4)12(19)13-10(9(2)16)11(17)18/h9-10,16H,5-8H2,1-4H3,(H,13,19)(H,17,18)/t9-,10+/m1/s1. The number of carboxylic acids is 1. The van der Waals surface area contributed by atoms with Crippen molar-refractivity contribution in [1.82, 2.24) is 15.1 Å². The van der Waals surface area contributed by atoms with Gasteiger partial charge < -0.3 is 25.3 Å². The Balaban J connectivity index is 4.56. The van der Waals surface area contributed by atoms with Gasteiger partial charge in [0.25, 0.3) is 0 Å². The van der Waals surface area contributed by atoms with Gasteiger partial charge in [-0.25, -0.2) is 9.59 Å². The summed E-state index contributed by atoms with van der Waals surface area (Å²) >= 11 is 0. The highest BCUT2D eigenvalue weighted by molar-refractivity contribution is 5.83. The molecular formula is C12H25N3O4. The molecule has 7 heteroatoms. The third kappa shape index (κ3) is 6.97. The molecule has 0 aliphatic rings. The number of carboxylic acid groups (broad SMARTS) is 1. The highest BCUT2D eigenvalue weighted by Crippen LogP contribution is 1.98. The van der Waals surface area contributed by atoms with E-state index in [-0.39, 0.29) is 0 Å². The number of amides is 2. The van der Waals surface area contributed by atoms with Crippen molar-refractivity contribution in [3.05, 3.63) is 0 Å². The van der Waals surface area contributed by atoms with Gasteiger partial charge >= 0.3 is 12.0 Å². The van der Waals surface area contributed by atoms with Gasteiger partial charge in [0.2, 0.25) is 0 Å².